The molecule has 4 bridgehead atoms. The first-order valence-electron chi connectivity index (χ1n) is 8.35. The van der Waals surface area contributed by atoms with Crippen molar-refractivity contribution in [2.45, 2.75) is 50.6 Å². The predicted molar refractivity (Wildman–Crippen MR) is 76.2 cm³/mol. The highest BCUT2D eigenvalue weighted by atomic mass is 16.4. The monoisotopic (exact) mass is 292 g/mol. The fraction of sp³-hybridized carbons (Fsp3) is 0.875. The molecule has 0 aromatic rings. The summed E-state index contributed by atoms with van der Waals surface area (Å²) in [4.78, 5) is 24.2. The van der Waals surface area contributed by atoms with E-state index in [1.54, 1.807) is 0 Å². The molecule has 0 aromatic carbocycles. The first-order chi connectivity index (χ1) is 10.1. The zero-order valence-electron chi connectivity index (χ0n) is 12.2. The second-order valence-electron chi connectivity index (χ2n) is 7.67. The summed E-state index contributed by atoms with van der Waals surface area (Å²) in [5, 5.41) is 12.6. The van der Waals surface area contributed by atoms with Crippen LogP contribution in [0.4, 0.5) is 0 Å². The van der Waals surface area contributed by atoms with Crippen LogP contribution in [0.2, 0.25) is 0 Å². The number of carboxylic acids is 1. The number of carboxylic acid groups (broad SMARTS) is 1. The van der Waals surface area contributed by atoms with Crippen molar-refractivity contribution >= 4 is 11.9 Å². The number of amides is 1. The van der Waals surface area contributed by atoms with Crippen LogP contribution >= 0.6 is 0 Å². The summed E-state index contributed by atoms with van der Waals surface area (Å²) in [6.07, 6.45) is 6.36. The molecular formula is C16H24N2O3. The summed E-state index contributed by atoms with van der Waals surface area (Å²) in [6, 6.07) is -0.189. The highest BCUT2D eigenvalue weighted by molar-refractivity contribution is 5.82. The van der Waals surface area contributed by atoms with Gasteiger partial charge in [0.2, 0.25) is 5.91 Å². The molecule has 5 nitrogen and oxygen atoms in total. The van der Waals surface area contributed by atoms with E-state index in [9.17, 15) is 14.7 Å². The van der Waals surface area contributed by atoms with Crippen LogP contribution in [0.1, 0.15) is 38.5 Å². The van der Waals surface area contributed by atoms with Crippen LogP contribution in [0.25, 0.3) is 0 Å². The Kier molecular flexibility index (Phi) is 3.03. The molecule has 1 amide bonds. The standard InChI is InChI=1S/C16H24N2O3/c17-13-9-3-1-7(5-9)11(13)15(19)18-14-10-4-2-8(6-10)12(14)16(20)21/h7-14H,1-6,17H2,(H,18,19)(H,20,21). The third kappa shape index (κ3) is 1.93. The third-order valence-electron chi connectivity index (χ3n) is 6.79. The normalized spacial score (nSPS) is 50.5. The Hall–Kier alpha value is -1.10. The van der Waals surface area contributed by atoms with Crippen molar-refractivity contribution < 1.29 is 14.7 Å². The Morgan fingerprint density at radius 3 is 2.10 bits per heavy atom. The fourth-order valence-corrected chi connectivity index (χ4v) is 5.84. The number of hydrogen-bond acceptors (Lipinski definition) is 3. The van der Waals surface area contributed by atoms with Gasteiger partial charge in [-0.25, -0.2) is 0 Å². The molecule has 4 aliphatic carbocycles. The zero-order chi connectivity index (χ0) is 14.7. The topological polar surface area (TPSA) is 92.4 Å². The van der Waals surface area contributed by atoms with Crippen LogP contribution in [-0.4, -0.2) is 29.1 Å². The molecule has 116 valence electrons. The highest BCUT2D eigenvalue weighted by Crippen LogP contribution is 2.50. The predicted octanol–water partition coefficient (Wildman–Crippen LogP) is 0.975. The number of fused-ring (bicyclic) bond motifs is 4. The number of carbonyl (C=O) groups is 2. The van der Waals surface area contributed by atoms with E-state index in [4.69, 9.17) is 5.73 Å². The fourth-order valence-electron chi connectivity index (χ4n) is 5.84. The molecule has 0 aromatic heterocycles. The van der Waals surface area contributed by atoms with Gasteiger partial charge >= 0.3 is 5.97 Å². The summed E-state index contributed by atoms with van der Waals surface area (Å²) in [6.45, 7) is 0. The van der Waals surface area contributed by atoms with E-state index in [0.29, 0.717) is 17.8 Å². The molecule has 0 saturated heterocycles. The van der Waals surface area contributed by atoms with Gasteiger partial charge in [-0.15, -0.1) is 0 Å². The molecule has 4 rings (SSSR count). The minimum absolute atomic E-state index is 0.0226. The number of nitrogens with one attached hydrogen (secondary N) is 1. The number of nitrogens with two attached hydrogens (primary N) is 1. The second-order valence-corrected chi connectivity index (χ2v) is 7.67. The van der Waals surface area contributed by atoms with Crippen molar-refractivity contribution in [3.05, 3.63) is 0 Å². The Bertz CT molecular complexity index is 478. The summed E-state index contributed by atoms with van der Waals surface area (Å²) in [5.41, 5.74) is 6.23. The molecule has 21 heavy (non-hydrogen) atoms. The van der Waals surface area contributed by atoms with Gasteiger partial charge in [0, 0.05) is 12.1 Å². The lowest BCUT2D eigenvalue weighted by molar-refractivity contribution is -0.145. The second kappa shape index (κ2) is 4.70. The van der Waals surface area contributed by atoms with E-state index in [0.717, 1.165) is 38.5 Å². The lowest BCUT2D eigenvalue weighted by Gasteiger charge is -2.33. The van der Waals surface area contributed by atoms with Crippen molar-refractivity contribution in [1.82, 2.24) is 5.32 Å². The largest absolute Gasteiger partial charge is 0.481 e. The van der Waals surface area contributed by atoms with Crippen LogP contribution in [0.5, 0.6) is 0 Å². The molecule has 5 heteroatoms. The maximum atomic E-state index is 12.7. The van der Waals surface area contributed by atoms with Gasteiger partial charge < -0.3 is 16.2 Å². The van der Waals surface area contributed by atoms with Gasteiger partial charge in [0.05, 0.1) is 11.8 Å². The number of rotatable bonds is 3. The Morgan fingerprint density at radius 1 is 0.905 bits per heavy atom. The zero-order valence-corrected chi connectivity index (χ0v) is 12.2. The van der Waals surface area contributed by atoms with Gasteiger partial charge in [-0.3, -0.25) is 9.59 Å². The maximum Gasteiger partial charge on any atom is 0.308 e. The average molecular weight is 292 g/mol. The minimum Gasteiger partial charge on any atom is -0.481 e. The Labute approximate surface area is 124 Å². The van der Waals surface area contributed by atoms with Crippen LogP contribution in [0.15, 0.2) is 0 Å². The molecule has 0 heterocycles. The van der Waals surface area contributed by atoms with Gasteiger partial charge in [0.15, 0.2) is 0 Å². The van der Waals surface area contributed by atoms with Crippen molar-refractivity contribution in [3.63, 3.8) is 0 Å². The highest BCUT2D eigenvalue weighted by Gasteiger charge is 2.54. The van der Waals surface area contributed by atoms with Gasteiger partial charge in [0.25, 0.3) is 0 Å². The van der Waals surface area contributed by atoms with Crippen molar-refractivity contribution in [1.29, 1.82) is 0 Å². The smallest absolute Gasteiger partial charge is 0.308 e. The maximum absolute atomic E-state index is 12.7. The van der Waals surface area contributed by atoms with Gasteiger partial charge in [-0.05, 0) is 62.2 Å². The van der Waals surface area contributed by atoms with E-state index in [2.05, 4.69) is 5.32 Å². The summed E-state index contributed by atoms with van der Waals surface area (Å²) >= 11 is 0. The summed E-state index contributed by atoms with van der Waals surface area (Å²) < 4.78 is 0. The number of hydrogen-bond donors (Lipinski definition) is 3. The quantitative estimate of drug-likeness (QED) is 0.723. The SMILES string of the molecule is NC1C2CCC(C2)C1C(=O)NC1C2CCC(C2)C1C(=O)O. The van der Waals surface area contributed by atoms with E-state index in [1.165, 1.54) is 0 Å². The van der Waals surface area contributed by atoms with Crippen LogP contribution in [0, 0.1) is 35.5 Å². The number of carbonyl (C=O) groups excluding carboxylic acids is 1. The molecule has 4 saturated carbocycles. The van der Waals surface area contributed by atoms with Crippen LogP contribution < -0.4 is 11.1 Å². The molecule has 0 spiro atoms. The molecule has 4 fully saturated rings. The van der Waals surface area contributed by atoms with E-state index < -0.39 is 5.97 Å². The molecule has 8 unspecified atom stereocenters. The lowest BCUT2D eigenvalue weighted by atomic mass is 9.81. The van der Waals surface area contributed by atoms with Crippen molar-refractivity contribution in [2.24, 2.45) is 41.2 Å². The lowest BCUT2D eigenvalue weighted by Crippen LogP contribution is -2.52. The summed E-state index contributed by atoms with van der Waals surface area (Å²) in [7, 11) is 0. The van der Waals surface area contributed by atoms with E-state index >= 15 is 0 Å². The molecule has 8 atom stereocenters. The van der Waals surface area contributed by atoms with Crippen molar-refractivity contribution in [2.75, 3.05) is 0 Å². The molecule has 0 radical (unpaired) electrons. The van der Waals surface area contributed by atoms with Gasteiger partial charge in [0.1, 0.15) is 0 Å². The summed E-state index contributed by atoms with van der Waals surface area (Å²) in [5.74, 6) is 0.345. The molecule has 4 aliphatic rings. The number of aliphatic carboxylic acids is 1. The third-order valence-corrected chi connectivity index (χ3v) is 6.79. The average Bonchev–Trinajstić information content (AvgIpc) is 3.17. The van der Waals surface area contributed by atoms with E-state index in [-0.39, 0.29) is 35.7 Å². The molecule has 4 N–H and O–H groups in total. The first kappa shape index (κ1) is 13.6. The van der Waals surface area contributed by atoms with Crippen LogP contribution in [0.3, 0.4) is 0 Å². The molecular weight excluding hydrogens is 268 g/mol. The first-order valence-corrected chi connectivity index (χ1v) is 8.35. The van der Waals surface area contributed by atoms with Crippen molar-refractivity contribution in [3.8, 4) is 0 Å². The minimum atomic E-state index is -0.746. The van der Waals surface area contributed by atoms with Gasteiger partial charge in [-0.2, -0.15) is 0 Å². The van der Waals surface area contributed by atoms with E-state index in [1.807, 2.05) is 0 Å². The Balaban J connectivity index is 1.48. The van der Waals surface area contributed by atoms with Gasteiger partial charge in [-0.1, -0.05) is 0 Å². The Morgan fingerprint density at radius 2 is 1.48 bits per heavy atom. The molecule has 0 aliphatic heterocycles. The van der Waals surface area contributed by atoms with Crippen LogP contribution in [-0.2, 0) is 9.59 Å².